The molecule has 2 aromatic carbocycles. The number of methoxy groups -OCH3 is 1. The van der Waals surface area contributed by atoms with Crippen LogP contribution in [0.2, 0.25) is 0 Å². The minimum Gasteiger partial charge on any atom is -0.496 e. The van der Waals surface area contributed by atoms with Crippen molar-refractivity contribution < 1.29 is 9.47 Å². The third-order valence-corrected chi connectivity index (χ3v) is 3.62. The Bertz CT molecular complexity index is 682. The zero-order valence-electron chi connectivity index (χ0n) is 15.4. The maximum atomic E-state index is 5.66. The van der Waals surface area contributed by atoms with Crippen LogP contribution in [-0.2, 0) is 13.1 Å². The minimum atomic E-state index is 0.182. The molecular weight excluding hydrogens is 314 g/mol. The first kappa shape index (κ1) is 18.6. The largest absolute Gasteiger partial charge is 0.496 e. The number of para-hydroxylation sites is 1. The Morgan fingerprint density at radius 1 is 1.00 bits per heavy atom. The molecule has 134 valence electrons. The summed E-state index contributed by atoms with van der Waals surface area (Å²) >= 11 is 0. The van der Waals surface area contributed by atoms with Gasteiger partial charge in [0, 0.05) is 25.7 Å². The molecule has 2 aromatic rings. The number of benzene rings is 2. The quantitative estimate of drug-likeness (QED) is 0.599. The van der Waals surface area contributed by atoms with Gasteiger partial charge in [-0.1, -0.05) is 30.3 Å². The van der Waals surface area contributed by atoms with Crippen molar-refractivity contribution in [3.05, 3.63) is 59.7 Å². The highest BCUT2D eigenvalue weighted by atomic mass is 16.5. The first-order valence-electron chi connectivity index (χ1n) is 8.44. The molecule has 0 radical (unpaired) electrons. The zero-order valence-corrected chi connectivity index (χ0v) is 15.4. The molecule has 0 aliphatic rings. The highest BCUT2D eigenvalue weighted by molar-refractivity contribution is 5.79. The summed E-state index contributed by atoms with van der Waals surface area (Å²) in [7, 11) is 3.44. The summed E-state index contributed by atoms with van der Waals surface area (Å²) in [5.74, 6) is 2.50. The number of aliphatic imine (C=N–C) groups is 1. The molecule has 0 aliphatic heterocycles. The van der Waals surface area contributed by atoms with E-state index in [4.69, 9.17) is 9.47 Å². The van der Waals surface area contributed by atoms with Crippen LogP contribution in [0.1, 0.15) is 25.0 Å². The molecule has 0 unspecified atom stereocenters. The second-order valence-electron chi connectivity index (χ2n) is 5.90. The van der Waals surface area contributed by atoms with Gasteiger partial charge in [0.25, 0.3) is 0 Å². The van der Waals surface area contributed by atoms with Gasteiger partial charge in [-0.15, -0.1) is 0 Å². The van der Waals surface area contributed by atoms with Crippen LogP contribution in [0.5, 0.6) is 11.5 Å². The van der Waals surface area contributed by atoms with Crippen LogP contribution in [0.25, 0.3) is 0 Å². The van der Waals surface area contributed by atoms with Crippen LogP contribution in [0.4, 0.5) is 0 Å². The van der Waals surface area contributed by atoms with Crippen molar-refractivity contribution in [2.24, 2.45) is 4.99 Å². The number of hydrogen-bond donors (Lipinski definition) is 2. The van der Waals surface area contributed by atoms with E-state index in [1.54, 1.807) is 14.2 Å². The molecule has 2 rings (SSSR count). The fraction of sp³-hybridized carbons (Fsp3) is 0.350. The summed E-state index contributed by atoms with van der Waals surface area (Å²) < 4.78 is 11.0. The molecule has 0 bridgehead atoms. The lowest BCUT2D eigenvalue weighted by Crippen LogP contribution is -2.36. The van der Waals surface area contributed by atoms with Crippen molar-refractivity contribution in [1.29, 1.82) is 0 Å². The number of hydrogen-bond acceptors (Lipinski definition) is 3. The van der Waals surface area contributed by atoms with Crippen molar-refractivity contribution in [3.63, 3.8) is 0 Å². The van der Waals surface area contributed by atoms with Crippen LogP contribution in [0.15, 0.2) is 53.5 Å². The molecule has 2 N–H and O–H groups in total. The average Bonchev–Trinajstić information content (AvgIpc) is 2.63. The molecule has 0 saturated carbocycles. The summed E-state index contributed by atoms with van der Waals surface area (Å²) in [6.45, 7) is 5.37. The SMILES string of the molecule is CN=C(NCc1ccc(OC(C)C)cc1)NCc1ccccc1OC. The second-order valence-corrected chi connectivity index (χ2v) is 5.90. The molecule has 0 saturated heterocycles. The summed E-state index contributed by atoms with van der Waals surface area (Å²) in [4.78, 5) is 4.26. The maximum absolute atomic E-state index is 5.66. The van der Waals surface area contributed by atoms with E-state index in [2.05, 4.69) is 27.8 Å². The zero-order chi connectivity index (χ0) is 18.1. The Labute approximate surface area is 150 Å². The molecule has 0 heterocycles. The van der Waals surface area contributed by atoms with Crippen molar-refractivity contribution in [1.82, 2.24) is 10.6 Å². The van der Waals surface area contributed by atoms with E-state index in [0.717, 1.165) is 28.6 Å². The maximum Gasteiger partial charge on any atom is 0.191 e. The van der Waals surface area contributed by atoms with Crippen LogP contribution in [-0.4, -0.2) is 26.2 Å². The predicted molar refractivity (Wildman–Crippen MR) is 102 cm³/mol. The highest BCUT2D eigenvalue weighted by Gasteiger charge is 2.04. The average molecular weight is 341 g/mol. The summed E-state index contributed by atoms with van der Waals surface area (Å²) in [5, 5.41) is 6.61. The van der Waals surface area contributed by atoms with Crippen LogP contribution in [0.3, 0.4) is 0 Å². The first-order chi connectivity index (χ1) is 12.1. The molecule has 0 aliphatic carbocycles. The lowest BCUT2D eigenvalue weighted by Gasteiger charge is -2.14. The summed E-state index contributed by atoms with van der Waals surface area (Å²) in [5.41, 5.74) is 2.25. The Kier molecular flexibility index (Phi) is 7.14. The Hall–Kier alpha value is -2.69. The number of nitrogens with zero attached hydrogens (tertiary/aromatic N) is 1. The van der Waals surface area contributed by atoms with E-state index in [1.807, 2.05) is 50.2 Å². The van der Waals surface area contributed by atoms with Gasteiger partial charge in [-0.3, -0.25) is 4.99 Å². The van der Waals surface area contributed by atoms with Gasteiger partial charge < -0.3 is 20.1 Å². The first-order valence-corrected chi connectivity index (χ1v) is 8.44. The third kappa shape index (κ3) is 6.03. The molecular formula is C20H27N3O2. The molecule has 0 atom stereocenters. The van der Waals surface area contributed by atoms with Crippen molar-refractivity contribution in [2.45, 2.75) is 33.0 Å². The van der Waals surface area contributed by atoms with Crippen molar-refractivity contribution in [3.8, 4) is 11.5 Å². The monoisotopic (exact) mass is 341 g/mol. The number of nitrogens with one attached hydrogen (secondary N) is 2. The molecule has 25 heavy (non-hydrogen) atoms. The van der Waals surface area contributed by atoms with Gasteiger partial charge >= 0.3 is 0 Å². The van der Waals surface area contributed by atoms with Crippen molar-refractivity contribution in [2.75, 3.05) is 14.2 Å². The van der Waals surface area contributed by atoms with E-state index in [-0.39, 0.29) is 6.10 Å². The Balaban J connectivity index is 1.86. The molecule has 0 spiro atoms. The number of ether oxygens (including phenoxy) is 2. The minimum absolute atomic E-state index is 0.182. The normalized spacial score (nSPS) is 11.3. The van der Waals surface area contributed by atoms with E-state index < -0.39 is 0 Å². The van der Waals surface area contributed by atoms with E-state index in [0.29, 0.717) is 13.1 Å². The molecule has 0 amide bonds. The van der Waals surface area contributed by atoms with Gasteiger partial charge in [0.15, 0.2) is 5.96 Å². The summed E-state index contributed by atoms with van der Waals surface area (Å²) in [6.07, 6.45) is 0.182. The van der Waals surface area contributed by atoms with Gasteiger partial charge in [-0.2, -0.15) is 0 Å². The summed E-state index contributed by atoms with van der Waals surface area (Å²) in [6, 6.07) is 16.0. The van der Waals surface area contributed by atoms with Gasteiger partial charge in [0.1, 0.15) is 11.5 Å². The molecule has 0 aromatic heterocycles. The predicted octanol–water partition coefficient (Wildman–Crippen LogP) is 3.35. The fourth-order valence-electron chi connectivity index (χ4n) is 2.39. The highest BCUT2D eigenvalue weighted by Crippen LogP contribution is 2.16. The van der Waals surface area contributed by atoms with Gasteiger partial charge in [0.05, 0.1) is 13.2 Å². The number of guanidine groups is 1. The molecule has 0 fully saturated rings. The second kappa shape index (κ2) is 9.57. The van der Waals surface area contributed by atoms with E-state index >= 15 is 0 Å². The van der Waals surface area contributed by atoms with E-state index in [9.17, 15) is 0 Å². The molecule has 5 nitrogen and oxygen atoms in total. The van der Waals surface area contributed by atoms with Gasteiger partial charge in [-0.05, 0) is 37.6 Å². The lowest BCUT2D eigenvalue weighted by molar-refractivity contribution is 0.242. The van der Waals surface area contributed by atoms with Crippen molar-refractivity contribution >= 4 is 5.96 Å². The van der Waals surface area contributed by atoms with Gasteiger partial charge in [0.2, 0.25) is 0 Å². The lowest BCUT2D eigenvalue weighted by atomic mass is 10.2. The van der Waals surface area contributed by atoms with Gasteiger partial charge in [-0.25, -0.2) is 0 Å². The standard InChI is InChI=1S/C20H27N3O2/c1-15(2)25-18-11-9-16(10-12-18)13-22-20(21-3)23-14-17-7-5-6-8-19(17)24-4/h5-12,15H,13-14H2,1-4H3,(H2,21,22,23). The van der Waals surface area contributed by atoms with Crippen LogP contribution < -0.4 is 20.1 Å². The Morgan fingerprint density at radius 2 is 1.68 bits per heavy atom. The van der Waals surface area contributed by atoms with Crippen LogP contribution >= 0.6 is 0 Å². The number of rotatable bonds is 7. The topological polar surface area (TPSA) is 54.9 Å². The van der Waals surface area contributed by atoms with Crippen LogP contribution in [0, 0.1) is 0 Å². The fourth-order valence-corrected chi connectivity index (χ4v) is 2.39. The third-order valence-electron chi connectivity index (χ3n) is 3.62. The smallest absolute Gasteiger partial charge is 0.191 e. The Morgan fingerprint density at radius 3 is 2.32 bits per heavy atom. The van der Waals surface area contributed by atoms with E-state index in [1.165, 1.54) is 0 Å². The molecule has 5 heteroatoms.